The predicted octanol–water partition coefficient (Wildman–Crippen LogP) is 4.82. The van der Waals surface area contributed by atoms with E-state index in [0.717, 1.165) is 29.7 Å². The van der Waals surface area contributed by atoms with E-state index in [-0.39, 0.29) is 17.7 Å². The summed E-state index contributed by atoms with van der Waals surface area (Å²) in [6.45, 7) is 0.399. The van der Waals surface area contributed by atoms with E-state index in [1.54, 1.807) is 0 Å². The molecule has 1 aliphatic rings. The molecule has 0 aliphatic heterocycles. The third-order valence-corrected chi connectivity index (χ3v) is 4.77. The number of alkyl halides is 3. The largest absolute Gasteiger partial charge is 0.416 e. The second-order valence-corrected chi connectivity index (χ2v) is 6.61. The summed E-state index contributed by atoms with van der Waals surface area (Å²) in [7, 11) is 0. The third-order valence-electron chi connectivity index (χ3n) is 4.43. The Morgan fingerprint density at radius 1 is 1.12 bits per heavy atom. The van der Waals surface area contributed by atoms with Gasteiger partial charge in [-0.15, -0.1) is 0 Å². The van der Waals surface area contributed by atoms with Gasteiger partial charge in [-0.3, -0.25) is 4.79 Å². The number of halogens is 4. The number of hydrogen-bond donors (Lipinski definition) is 1. The second-order valence-electron chi connectivity index (χ2n) is 6.21. The van der Waals surface area contributed by atoms with Gasteiger partial charge in [-0.25, -0.2) is 0 Å². The summed E-state index contributed by atoms with van der Waals surface area (Å²) in [4.78, 5) is 12.2. The van der Waals surface area contributed by atoms with Crippen LogP contribution in [0.5, 0.6) is 0 Å². The SMILES string of the molecule is O=C(NCCc1ccc(C(F)(F)F)cc1)C1CC1c1ccccc1Cl. The standard InChI is InChI=1S/C19H17ClF3NO/c20-17-4-2-1-3-14(17)15-11-16(15)18(25)24-10-9-12-5-7-13(8-6-12)19(21,22)23/h1-8,15-16H,9-11H2,(H,24,25). The molecule has 0 radical (unpaired) electrons. The lowest BCUT2D eigenvalue weighted by molar-refractivity contribution is -0.137. The first-order chi connectivity index (χ1) is 11.9. The average molecular weight is 368 g/mol. The minimum absolute atomic E-state index is 0.0307. The Labute approximate surface area is 149 Å². The molecule has 1 saturated carbocycles. The van der Waals surface area contributed by atoms with Crippen molar-refractivity contribution in [2.45, 2.75) is 24.9 Å². The monoisotopic (exact) mass is 367 g/mol. The van der Waals surface area contributed by atoms with Crippen LogP contribution in [-0.2, 0) is 17.4 Å². The van der Waals surface area contributed by atoms with Gasteiger partial charge < -0.3 is 5.32 Å². The van der Waals surface area contributed by atoms with Crippen LogP contribution in [0.4, 0.5) is 13.2 Å². The zero-order valence-electron chi connectivity index (χ0n) is 13.3. The maximum atomic E-state index is 12.5. The molecule has 0 bridgehead atoms. The van der Waals surface area contributed by atoms with E-state index >= 15 is 0 Å². The van der Waals surface area contributed by atoms with Gasteiger partial charge in [-0.2, -0.15) is 13.2 Å². The van der Waals surface area contributed by atoms with E-state index in [1.165, 1.54) is 12.1 Å². The topological polar surface area (TPSA) is 29.1 Å². The van der Waals surface area contributed by atoms with Crippen molar-refractivity contribution in [2.24, 2.45) is 5.92 Å². The van der Waals surface area contributed by atoms with Crippen molar-refractivity contribution in [3.05, 3.63) is 70.2 Å². The fraction of sp³-hybridized carbons (Fsp3) is 0.316. The van der Waals surface area contributed by atoms with Gasteiger partial charge in [-0.1, -0.05) is 41.9 Å². The molecule has 1 amide bonds. The van der Waals surface area contributed by atoms with E-state index in [9.17, 15) is 18.0 Å². The van der Waals surface area contributed by atoms with E-state index in [4.69, 9.17) is 11.6 Å². The maximum absolute atomic E-state index is 12.5. The summed E-state index contributed by atoms with van der Waals surface area (Å²) in [5.41, 5.74) is 1.08. The molecule has 2 atom stereocenters. The van der Waals surface area contributed by atoms with Crippen molar-refractivity contribution in [2.75, 3.05) is 6.54 Å². The fourth-order valence-corrected chi connectivity index (χ4v) is 3.20. The summed E-state index contributed by atoms with van der Waals surface area (Å²) in [6, 6.07) is 12.5. The van der Waals surface area contributed by atoms with Crippen LogP contribution in [0.1, 0.15) is 29.0 Å². The van der Waals surface area contributed by atoms with Crippen LogP contribution < -0.4 is 5.32 Å². The Morgan fingerprint density at radius 2 is 1.80 bits per heavy atom. The highest BCUT2D eigenvalue weighted by atomic mass is 35.5. The summed E-state index contributed by atoms with van der Waals surface area (Å²) < 4.78 is 37.5. The molecule has 1 N–H and O–H groups in total. The summed E-state index contributed by atoms with van der Waals surface area (Å²) >= 11 is 6.15. The first-order valence-electron chi connectivity index (χ1n) is 8.04. The highest BCUT2D eigenvalue weighted by Crippen LogP contribution is 2.49. The summed E-state index contributed by atoms with van der Waals surface area (Å²) in [5, 5.41) is 3.53. The minimum atomic E-state index is -4.33. The van der Waals surface area contributed by atoms with Crippen molar-refractivity contribution in [1.82, 2.24) is 5.32 Å². The molecule has 2 unspecified atom stereocenters. The molecule has 1 aliphatic carbocycles. The van der Waals surface area contributed by atoms with Gasteiger partial charge >= 0.3 is 6.18 Å². The number of nitrogens with one attached hydrogen (secondary N) is 1. The Kier molecular flexibility index (Phi) is 5.04. The van der Waals surface area contributed by atoms with Crippen LogP contribution in [0.25, 0.3) is 0 Å². The molecule has 25 heavy (non-hydrogen) atoms. The van der Waals surface area contributed by atoms with E-state index in [1.807, 2.05) is 24.3 Å². The number of benzene rings is 2. The zero-order chi connectivity index (χ0) is 18.0. The Balaban J connectivity index is 1.47. The smallest absolute Gasteiger partial charge is 0.356 e. The van der Waals surface area contributed by atoms with Crippen LogP contribution in [0.2, 0.25) is 5.02 Å². The predicted molar refractivity (Wildman–Crippen MR) is 90.5 cm³/mol. The maximum Gasteiger partial charge on any atom is 0.416 e. The molecule has 0 heterocycles. The molecule has 0 aromatic heterocycles. The molecule has 2 aromatic carbocycles. The second kappa shape index (κ2) is 7.08. The van der Waals surface area contributed by atoms with E-state index in [2.05, 4.69) is 5.32 Å². The Morgan fingerprint density at radius 3 is 2.44 bits per heavy atom. The molecule has 0 spiro atoms. The van der Waals surface area contributed by atoms with E-state index in [0.29, 0.717) is 18.0 Å². The highest BCUT2D eigenvalue weighted by Gasteiger charge is 2.44. The quantitative estimate of drug-likeness (QED) is 0.806. The summed E-state index contributed by atoms with van der Waals surface area (Å²) in [5.74, 6) is 0.0455. The lowest BCUT2D eigenvalue weighted by atomic mass is 10.1. The van der Waals surface area contributed by atoms with Crippen molar-refractivity contribution >= 4 is 17.5 Å². The van der Waals surface area contributed by atoms with Gasteiger partial charge in [0.15, 0.2) is 0 Å². The van der Waals surface area contributed by atoms with Crippen molar-refractivity contribution < 1.29 is 18.0 Å². The van der Waals surface area contributed by atoms with Crippen LogP contribution in [0, 0.1) is 5.92 Å². The molecular formula is C19H17ClF3NO. The number of carbonyl (C=O) groups excluding carboxylic acids is 1. The first kappa shape index (κ1) is 17.8. The average Bonchev–Trinajstić information content (AvgIpc) is 3.35. The molecule has 2 aromatic rings. The fourth-order valence-electron chi connectivity index (χ4n) is 2.93. The van der Waals surface area contributed by atoms with Gasteiger partial charge in [0, 0.05) is 17.5 Å². The number of hydrogen-bond acceptors (Lipinski definition) is 1. The molecule has 3 rings (SSSR count). The number of carbonyl (C=O) groups is 1. The van der Waals surface area contributed by atoms with Crippen molar-refractivity contribution in [1.29, 1.82) is 0 Å². The Bertz CT molecular complexity index is 758. The van der Waals surface area contributed by atoms with Gasteiger partial charge in [0.1, 0.15) is 0 Å². The molecule has 2 nitrogen and oxygen atoms in total. The lowest BCUT2D eigenvalue weighted by Gasteiger charge is -2.08. The molecule has 1 fully saturated rings. The van der Waals surface area contributed by atoms with Gasteiger partial charge in [0.25, 0.3) is 0 Å². The normalized spacial score (nSPS) is 19.5. The van der Waals surface area contributed by atoms with Crippen LogP contribution in [0.15, 0.2) is 48.5 Å². The third kappa shape index (κ3) is 4.34. The minimum Gasteiger partial charge on any atom is -0.356 e. The highest BCUT2D eigenvalue weighted by molar-refractivity contribution is 6.31. The number of amides is 1. The van der Waals surface area contributed by atoms with Crippen molar-refractivity contribution in [3.63, 3.8) is 0 Å². The Hall–Kier alpha value is -2.01. The number of rotatable bonds is 5. The van der Waals surface area contributed by atoms with Gasteiger partial charge in [0.05, 0.1) is 5.56 Å². The molecule has 132 valence electrons. The lowest BCUT2D eigenvalue weighted by Crippen LogP contribution is -2.27. The molecular weight excluding hydrogens is 351 g/mol. The summed E-state index contributed by atoms with van der Waals surface area (Å²) in [6.07, 6.45) is -3.06. The van der Waals surface area contributed by atoms with E-state index < -0.39 is 11.7 Å². The van der Waals surface area contributed by atoms with Crippen LogP contribution >= 0.6 is 11.6 Å². The zero-order valence-corrected chi connectivity index (χ0v) is 14.1. The molecule has 6 heteroatoms. The van der Waals surface area contributed by atoms with Crippen LogP contribution in [-0.4, -0.2) is 12.5 Å². The van der Waals surface area contributed by atoms with Crippen molar-refractivity contribution in [3.8, 4) is 0 Å². The van der Waals surface area contributed by atoms with Gasteiger partial charge in [-0.05, 0) is 48.1 Å². The van der Waals surface area contributed by atoms with Crippen LogP contribution in [0.3, 0.4) is 0 Å². The molecule has 0 saturated heterocycles. The van der Waals surface area contributed by atoms with Gasteiger partial charge in [0.2, 0.25) is 5.91 Å². The first-order valence-corrected chi connectivity index (χ1v) is 8.42.